The van der Waals surface area contributed by atoms with E-state index in [1.54, 1.807) is 11.0 Å². The summed E-state index contributed by atoms with van der Waals surface area (Å²) in [6.45, 7) is 0.142. The number of carbonyl (C=O) groups is 4. The van der Waals surface area contributed by atoms with Crippen molar-refractivity contribution in [3.05, 3.63) is 54.6 Å². The minimum Gasteiger partial charge on any atom is -0.463 e. The first-order valence-corrected chi connectivity index (χ1v) is 13.3. The number of benzene rings is 2. The number of rotatable bonds is 5. The van der Waals surface area contributed by atoms with Gasteiger partial charge in [0.1, 0.15) is 12.6 Å². The molecule has 3 N–H and O–H groups in total. The number of amides is 3. The van der Waals surface area contributed by atoms with Gasteiger partial charge in [0.25, 0.3) is 5.91 Å². The predicted octanol–water partition coefficient (Wildman–Crippen LogP) is 2.93. The first-order valence-electron chi connectivity index (χ1n) is 13.3. The maximum Gasteiger partial charge on any atom is 0.305 e. The van der Waals surface area contributed by atoms with Crippen LogP contribution in [0.15, 0.2) is 54.6 Å². The van der Waals surface area contributed by atoms with Gasteiger partial charge in [-0.3, -0.25) is 19.2 Å². The molecular weight excluding hydrogens is 486 g/mol. The Morgan fingerprint density at radius 2 is 1.89 bits per heavy atom. The van der Waals surface area contributed by atoms with Gasteiger partial charge in [0, 0.05) is 25.1 Å². The molecule has 3 atom stereocenters. The summed E-state index contributed by atoms with van der Waals surface area (Å²) in [5, 5.41) is 17.1. The Hall–Kier alpha value is -3.72. The van der Waals surface area contributed by atoms with Crippen LogP contribution < -0.4 is 10.6 Å². The summed E-state index contributed by atoms with van der Waals surface area (Å²) in [5.74, 6) is -2.31. The molecule has 4 rings (SSSR count). The van der Waals surface area contributed by atoms with Gasteiger partial charge < -0.3 is 25.4 Å². The Bertz CT molecular complexity index is 1200. The lowest BCUT2D eigenvalue weighted by atomic mass is 9.98. The van der Waals surface area contributed by atoms with E-state index in [-0.39, 0.29) is 38.0 Å². The topological polar surface area (TPSA) is 125 Å². The minimum absolute atomic E-state index is 0.0362. The first-order chi connectivity index (χ1) is 18.4. The second kappa shape index (κ2) is 13.2. The van der Waals surface area contributed by atoms with E-state index in [1.165, 1.54) is 0 Å². The van der Waals surface area contributed by atoms with Crippen LogP contribution in [0.2, 0.25) is 0 Å². The molecule has 2 aromatic rings. The standard InChI is InChI=1S/C29H35N3O6/c33-18-24-11-7-15-32(24)26(34)17-22-10-3-1-2-4-12-27(35)38-19-25(31-28(22)36)29(37)30-23-14-13-20-8-5-6-9-21(20)16-23/h1,3,5-6,8-9,13-14,16,22,24-25,33H,2,4,7,10-12,15,17-19H2,(H,30,37)(H,31,36)/t22-,24+,25+/m1/s1. The second-order valence-electron chi connectivity index (χ2n) is 9.86. The number of esters is 1. The molecule has 0 saturated carbocycles. The molecule has 1 saturated heterocycles. The SMILES string of the molecule is O=C1CCCC=CC[C@H](CC(=O)N2CCC[C@H]2CO)C(=O)N[C@H](C(=O)Nc2ccc3ccccc3c2)CO1. The average molecular weight is 522 g/mol. The van der Waals surface area contributed by atoms with Crippen LogP contribution in [-0.4, -0.2) is 65.5 Å². The van der Waals surface area contributed by atoms with Crippen molar-refractivity contribution < 1.29 is 29.0 Å². The van der Waals surface area contributed by atoms with Gasteiger partial charge >= 0.3 is 5.97 Å². The maximum atomic E-state index is 13.4. The summed E-state index contributed by atoms with van der Waals surface area (Å²) in [6.07, 6.45) is 7.01. The second-order valence-corrected chi connectivity index (χ2v) is 9.86. The van der Waals surface area contributed by atoms with E-state index in [0.717, 1.165) is 23.6 Å². The maximum absolute atomic E-state index is 13.4. The first kappa shape index (κ1) is 27.3. The summed E-state index contributed by atoms with van der Waals surface area (Å²) in [7, 11) is 0. The number of carbonyl (C=O) groups excluding carboxylic acids is 4. The molecule has 0 aliphatic carbocycles. The molecule has 0 radical (unpaired) electrons. The molecule has 2 aromatic carbocycles. The van der Waals surface area contributed by atoms with Crippen molar-refractivity contribution in [3.63, 3.8) is 0 Å². The third-order valence-electron chi connectivity index (χ3n) is 7.10. The van der Waals surface area contributed by atoms with Crippen LogP contribution in [0.1, 0.15) is 44.9 Å². The van der Waals surface area contributed by atoms with Crippen LogP contribution >= 0.6 is 0 Å². The molecule has 202 valence electrons. The van der Waals surface area contributed by atoms with Crippen LogP contribution in [0.3, 0.4) is 0 Å². The molecule has 3 amide bonds. The number of ether oxygens (including phenoxy) is 1. The highest BCUT2D eigenvalue weighted by atomic mass is 16.5. The van der Waals surface area contributed by atoms with Gasteiger partial charge in [-0.05, 0) is 55.0 Å². The molecule has 9 heteroatoms. The van der Waals surface area contributed by atoms with Crippen molar-refractivity contribution in [2.45, 2.75) is 57.0 Å². The molecule has 2 heterocycles. The Balaban J connectivity index is 1.50. The Kier molecular flexibility index (Phi) is 9.48. The lowest BCUT2D eigenvalue weighted by molar-refractivity contribution is -0.146. The Morgan fingerprint density at radius 1 is 1.08 bits per heavy atom. The molecule has 0 spiro atoms. The molecule has 0 bridgehead atoms. The lowest BCUT2D eigenvalue weighted by Gasteiger charge is -2.26. The monoisotopic (exact) mass is 521 g/mol. The van der Waals surface area contributed by atoms with Gasteiger partial charge in [-0.25, -0.2) is 0 Å². The largest absolute Gasteiger partial charge is 0.463 e. The molecular formula is C29H35N3O6. The number of fused-ring (bicyclic) bond motifs is 1. The van der Waals surface area contributed by atoms with Gasteiger partial charge in [0.2, 0.25) is 11.8 Å². The average Bonchev–Trinajstić information content (AvgIpc) is 3.41. The quantitative estimate of drug-likeness (QED) is 0.411. The highest BCUT2D eigenvalue weighted by Crippen LogP contribution is 2.22. The van der Waals surface area contributed by atoms with Crippen molar-refractivity contribution in [3.8, 4) is 0 Å². The van der Waals surface area contributed by atoms with Crippen molar-refractivity contribution in [2.24, 2.45) is 5.92 Å². The minimum atomic E-state index is -1.13. The fourth-order valence-electron chi connectivity index (χ4n) is 4.92. The van der Waals surface area contributed by atoms with Crippen molar-refractivity contribution in [1.29, 1.82) is 0 Å². The number of nitrogens with one attached hydrogen (secondary N) is 2. The van der Waals surface area contributed by atoms with E-state index in [0.29, 0.717) is 31.5 Å². The lowest BCUT2D eigenvalue weighted by Crippen LogP contribution is -2.49. The fraction of sp³-hybridized carbons (Fsp3) is 0.448. The number of aliphatic hydroxyl groups is 1. The van der Waals surface area contributed by atoms with Gasteiger partial charge in [0.15, 0.2) is 0 Å². The summed E-state index contributed by atoms with van der Waals surface area (Å²) in [5.41, 5.74) is 0.552. The van der Waals surface area contributed by atoms with E-state index in [4.69, 9.17) is 4.74 Å². The summed E-state index contributed by atoms with van der Waals surface area (Å²) in [4.78, 5) is 53.4. The highest BCUT2D eigenvalue weighted by molar-refractivity contribution is 5.99. The van der Waals surface area contributed by atoms with Gasteiger partial charge in [0.05, 0.1) is 18.6 Å². The third-order valence-corrected chi connectivity index (χ3v) is 7.10. The summed E-state index contributed by atoms with van der Waals surface area (Å²) >= 11 is 0. The van der Waals surface area contributed by atoms with Crippen molar-refractivity contribution in [2.75, 3.05) is 25.1 Å². The Morgan fingerprint density at radius 3 is 2.71 bits per heavy atom. The van der Waals surface area contributed by atoms with Crippen molar-refractivity contribution >= 4 is 40.2 Å². The normalized spacial score (nSPS) is 23.1. The van der Waals surface area contributed by atoms with Crippen LogP contribution in [0.4, 0.5) is 5.69 Å². The molecule has 2 aliphatic rings. The smallest absolute Gasteiger partial charge is 0.305 e. The number of nitrogens with zero attached hydrogens (tertiary/aromatic N) is 1. The molecule has 2 aliphatic heterocycles. The molecule has 38 heavy (non-hydrogen) atoms. The van der Waals surface area contributed by atoms with Crippen LogP contribution in [0.25, 0.3) is 10.8 Å². The third kappa shape index (κ3) is 7.19. The number of cyclic esters (lactones) is 1. The molecule has 0 unspecified atom stereocenters. The summed E-state index contributed by atoms with van der Waals surface area (Å²) < 4.78 is 5.33. The summed E-state index contributed by atoms with van der Waals surface area (Å²) in [6, 6.07) is 11.9. The highest BCUT2D eigenvalue weighted by Gasteiger charge is 2.33. The van der Waals surface area contributed by atoms with E-state index in [9.17, 15) is 24.3 Å². The molecule has 9 nitrogen and oxygen atoms in total. The zero-order valence-corrected chi connectivity index (χ0v) is 21.4. The van der Waals surface area contributed by atoms with E-state index < -0.39 is 29.7 Å². The van der Waals surface area contributed by atoms with E-state index in [1.807, 2.05) is 48.6 Å². The molecule has 1 fully saturated rings. The predicted molar refractivity (Wildman–Crippen MR) is 143 cm³/mol. The van der Waals surface area contributed by atoms with E-state index in [2.05, 4.69) is 10.6 Å². The Labute approximate surface area is 222 Å². The number of hydrogen-bond acceptors (Lipinski definition) is 6. The van der Waals surface area contributed by atoms with E-state index >= 15 is 0 Å². The zero-order chi connectivity index (χ0) is 26.9. The van der Waals surface area contributed by atoms with Gasteiger partial charge in [-0.1, -0.05) is 42.5 Å². The number of anilines is 1. The van der Waals surface area contributed by atoms with Crippen LogP contribution in [0, 0.1) is 5.92 Å². The van der Waals surface area contributed by atoms with Crippen molar-refractivity contribution in [1.82, 2.24) is 10.2 Å². The number of likely N-dealkylation sites (tertiary alicyclic amines) is 1. The fourth-order valence-corrected chi connectivity index (χ4v) is 4.92. The molecule has 0 aromatic heterocycles. The number of allylic oxidation sites excluding steroid dienone is 2. The van der Waals surface area contributed by atoms with Gasteiger partial charge in [-0.2, -0.15) is 0 Å². The van der Waals surface area contributed by atoms with Crippen LogP contribution in [-0.2, 0) is 23.9 Å². The number of aliphatic hydroxyl groups excluding tert-OH is 1. The van der Waals surface area contributed by atoms with Gasteiger partial charge in [-0.15, -0.1) is 0 Å². The zero-order valence-electron chi connectivity index (χ0n) is 21.4. The number of hydrogen-bond donors (Lipinski definition) is 3. The van der Waals surface area contributed by atoms with Crippen LogP contribution in [0.5, 0.6) is 0 Å².